The molecule has 0 radical (unpaired) electrons. The number of anilines is 2. The highest BCUT2D eigenvalue weighted by atomic mass is 35.5. The van der Waals surface area contributed by atoms with Crippen LogP contribution in [0.2, 0.25) is 10.0 Å². The Labute approximate surface area is 305 Å². The van der Waals surface area contributed by atoms with Gasteiger partial charge in [0.15, 0.2) is 0 Å². The maximum atomic E-state index is 12.6. The molecule has 0 atom stereocenters. The minimum atomic E-state index is -3.77. The zero-order chi connectivity index (χ0) is 36.1. The van der Waals surface area contributed by atoms with Crippen molar-refractivity contribution in [3.05, 3.63) is 121 Å². The number of nitrogens with one attached hydrogen (secondary N) is 2. The smallest absolute Gasteiger partial charge is 0.261 e. The molecular formula is C34H34Cl2N6O7S2. The van der Waals surface area contributed by atoms with E-state index in [0.717, 1.165) is 0 Å². The molecular weight excluding hydrogens is 739 g/mol. The molecule has 268 valence electrons. The molecule has 0 saturated heterocycles. The van der Waals surface area contributed by atoms with E-state index in [-0.39, 0.29) is 15.3 Å². The zero-order valence-corrected chi connectivity index (χ0v) is 30.5. The Hall–Kier alpha value is -5.06. The Morgan fingerprint density at radius 2 is 1.00 bits per heavy atom. The average Bonchev–Trinajstić information content (AvgIpc) is 3.72. The molecule has 13 nitrogen and oxygen atoms in total. The Bertz CT molecular complexity index is 2230. The number of nitrogens with zero attached hydrogens (tertiary/aromatic N) is 4. The Balaban J connectivity index is 0.000000224. The topological polar surface area (TPSA) is 178 Å². The number of fused-ring (bicyclic) bond motifs is 2. The van der Waals surface area contributed by atoms with E-state index in [0.29, 0.717) is 67.8 Å². The SMILES string of the molecule is C=CCn1cc2c(Cl)c(NS(=O)(=O)c3ccc(OC)cc3)ccc2n1.C=CCn1cc2c(Cl)c(NS(=O)(=O)c3ccc(OC)cc3)ccc2n1.O. The van der Waals surface area contributed by atoms with Gasteiger partial charge in [-0.25, -0.2) is 16.8 Å². The van der Waals surface area contributed by atoms with Gasteiger partial charge in [0.2, 0.25) is 0 Å². The molecule has 0 aliphatic heterocycles. The van der Waals surface area contributed by atoms with Crippen molar-refractivity contribution in [1.29, 1.82) is 0 Å². The summed E-state index contributed by atoms with van der Waals surface area (Å²) >= 11 is 12.7. The molecule has 2 aromatic heterocycles. The molecule has 0 fully saturated rings. The molecule has 0 unspecified atom stereocenters. The second kappa shape index (κ2) is 16.3. The molecule has 0 aliphatic carbocycles. The van der Waals surface area contributed by atoms with Crippen LogP contribution in [0, 0.1) is 0 Å². The van der Waals surface area contributed by atoms with E-state index in [1.807, 2.05) is 0 Å². The van der Waals surface area contributed by atoms with Crippen LogP contribution in [0.25, 0.3) is 21.8 Å². The van der Waals surface area contributed by atoms with Gasteiger partial charge in [-0.1, -0.05) is 35.4 Å². The van der Waals surface area contributed by atoms with Gasteiger partial charge in [0.25, 0.3) is 20.0 Å². The Morgan fingerprint density at radius 1 is 0.647 bits per heavy atom. The second-order valence-corrected chi connectivity index (χ2v) is 14.7. The number of benzene rings is 4. The fourth-order valence-electron chi connectivity index (χ4n) is 4.74. The van der Waals surface area contributed by atoms with Crippen molar-refractivity contribution in [1.82, 2.24) is 19.6 Å². The summed E-state index contributed by atoms with van der Waals surface area (Å²) in [5, 5.41) is 10.6. The van der Waals surface area contributed by atoms with Gasteiger partial charge in [-0.3, -0.25) is 18.8 Å². The Morgan fingerprint density at radius 3 is 1.31 bits per heavy atom. The normalized spacial score (nSPS) is 11.2. The number of hydrogen-bond acceptors (Lipinski definition) is 8. The number of aromatic nitrogens is 4. The number of allylic oxidation sites excluding steroid dienone is 2. The van der Waals surface area contributed by atoms with Crippen LogP contribution in [-0.2, 0) is 33.1 Å². The number of rotatable bonds is 12. The summed E-state index contributed by atoms with van der Waals surface area (Å²) in [5.41, 5.74) is 1.95. The molecule has 0 aliphatic rings. The maximum Gasteiger partial charge on any atom is 0.261 e. The van der Waals surface area contributed by atoms with Crippen LogP contribution in [0.15, 0.2) is 120 Å². The third kappa shape index (κ3) is 8.82. The van der Waals surface area contributed by atoms with E-state index in [2.05, 4.69) is 32.8 Å². The Kier molecular flexibility index (Phi) is 12.4. The first-order valence-corrected chi connectivity index (χ1v) is 18.5. The van der Waals surface area contributed by atoms with E-state index < -0.39 is 20.0 Å². The van der Waals surface area contributed by atoms with Gasteiger partial charge in [0.05, 0.1) is 69.6 Å². The highest BCUT2D eigenvalue weighted by Crippen LogP contribution is 2.33. The van der Waals surface area contributed by atoms with Crippen LogP contribution < -0.4 is 18.9 Å². The molecule has 6 rings (SSSR count). The van der Waals surface area contributed by atoms with Gasteiger partial charge < -0.3 is 14.9 Å². The van der Waals surface area contributed by atoms with Gasteiger partial charge in [-0.2, -0.15) is 10.2 Å². The molecule has 6 aromatic rings. The lowest BCUT2D eigenvalue weighted by Gasteiger charge is -2.10. The molecule has 0 spiro atoms. The second-order valence-electron chi connectivity index (χ2n) is 10.6. The first-order valence-electron chi connectivity index (χ1n) is 14.8. The largest absolute Gasteiger partial charge is 0.497 e. The number of methoxy groups -OCH3 is 2. The quantitative estimate of drug-likeness (QED) is 0.132. The van der Waals surface area contributed by atoms with Gasteiger partial charge in [-0.15, -0.1) is 13.2 Å². The van der Waals surface area contributed by atoms with Crippen LogP contribution in [0.3, 0.4) is 0 Å². The van der Waals surface area contributed by atoms with E-state index in [9.17, 15) is 16.8 Å². The molecule has 17 heteroatoms. The van der Waals surface area contributed by atoms with Crippen molar-refractivity contribution in [2.45, 2.75) is 22.9 Å². The first-order chi connectivity index (χ1) is 23.9. The third-order valence-electron chi connectivity index (χ3n) is 7.20. The highest BCUT2D eigenvalue weighted by Gasteiger charge is 2.19. The average molecular weight is 774 g/mol. The van der Waals surface area contributed by atoms with Crippen LogP contribution >= 0.6 is 23.2 Å². The molecule has 2 heterocycles. The van der Waals surface area contributed by atoms with Gasteiger partial charge in [0, 0.05) is 23.2 Å². The predicted molar refractivity (Wildman–Crippen MR) is 201 cm³/mol. The van der Waals surface area contributed by atoms with Crippen LogP contribution in [-0.4, -0.2) is 56.1 Å². The van der Waals surface area contributed by atoms with Crippen LogP contribution in [0.4, 0.5) is 11.4 Å². The fraction of sp³-hybridized carbons (Fsp3) is 0.118. The summed E-state index contributed by atoms with van der Waals surface area (Å²) in [6.45, 7) is 8.41. The van der Waals surface area contributed by atoms with E-state index in [4.69, 9.17) is 32.7 Å². The molecule has 0 amide bonds. The molecule has 4 aromatic carbocycles. The van der Waals surface area contributed by atoms with Crippen LogP contribution in [0.1, 0.15) is 0 Å². The number of sulfonamides is 2. The number of ether oxygens (including phenoxy) is 2. The van der Waals surface area contributed by atoms with Crippen molar-refractivity contribution in [3.8, 4) is 11.5 Å². The zero-order valence-electron chi connectivity index (χ0n) is 27.4. The third-order valence-corrected chi connectivity index (χ3v) is 10.8. The lowest BCUT2D eigenvalue weighted by molar-refractivity contribution is 0.414. The minimum absolute atomic E-state index is 0. The summed E-state index contributed by atoms with van der Waals surface area (Å²) in [6, 6.07) is 18.8. The summed E-state index contributed by atoms with van der Waals surface area (Å²) in [7, 11) is -4.50. The van der Waals surface area contributed by atoms with Crippen molar-refractivity contribution in [2.75, 3.05) is 23.7 Å². The van der Waals surface area contributed by atoms with Gasteiger partial charge >= 0.3 is 0 Å². The first kappa shape index (κ1) is 38.7. The summed E-state index contributed by atoms with van der Waals surface area (Å²) in [5.74, 6) is 1.15. The number of halogens is 2. The van der Waals surface area contributed by atoms with Gasteiger partial charge in [-0.05, 0) is 72.8 Å². The summed E-state index contributed by atoms with van der Waals surface area (Å²) < 4.78 is 68.7. The number of hydrogen-bond donors (Lipinski definition) is 2. The summed E-state index contributed by atoms with van der Waals surface area (Å²) in [4.78, 5) is 0.235. The van der Waals surface area contributed by atoms with Crippen molar-refractivity contribution >= 4 is 76.4 Å². The highest BCUT2D eigenvalue weighted by molar-refractivity contribution is 7.93. The van der Waals surface area contributed by atoms with Gasteiger partial charge in [0.1, 0.15) is 11.5 Å². The van der Waals surface area contributed by atoms with Crippen molar-refractivity contribution in [2.24, 2.45) is 0 Å². The van der Waals surface area contributed by atoms with Crippen molar-refractivity contribution < 1.29 is 31.8 Å². The maximum absolute atomic E-state index is 12.6. The van der Waals surface area contributed by atoms with Crippen LogP contribution in [0.5, 0.6) is 11.5 Å². The van der Waals surface area contributed by atoms with E-state index in [1.165, 1.54) is 38.5 Å². The minimum Gasteiger partial charge on any atom is -0.497 e. The summed E-state index contributed by atoms with van der Waals surface area (Å²) in [6.07, 6.45) is 6.94. The van der Waals surface area contributed by atoms with Crippen molar-refractivity contribution in [3.63, 3.8) is 0 Å². The lowest BCUT2D eigenvalue weighted by Crippen LogP contribution is -2.13. The predicted octanol–water partition coefficient (Wildman–Crippen LogP) is 6.55. The lowest BCUT2D eigenvalue weighted by atomic mass is 10.2. The molecule has 0 saturated carbocycles. The monoisotopic (exact) mass is 772 g/mol. The molecule has 51 heavy (non-hydrogen) atoms. The fourth-order valence-corrected chi connectivity index (χ4v) is 7.51. The molecule has 4 N–H and O–H groups in total. The van der Waals surface area contributed by atoms with E-state index in [1.54, 1.807) is 82.4 Å². The standard InChI is InChI=1S/2C17H16ClN3O3S.H2O/c2*1-3-10-21-11-14-15(19-21)8-9-16(17(14)18)20-25(22,23)13-6-4-12(24-2)5-7-13;/h2*3-9,11,20H,1,10H2,2H3;1H2. The van der Waals surface area contributed by atoms with E-state index >= 15 is 0 Å². The molecule has 0 bridgehead atoms.